The van der Waals surface area contributed by atoms with Crippen LogP contribution < -0.4 is 5.32 Å². The van der Waals surface area contributed by atoms with E-state index in [2.05, 4.69) is 49.9 Å². The van der Waals surface area contributed by atoms with E-state index in [4.69, 9.17) is 0 Å². The molecule has 0 spiro atoms. The molecule has 0 atom stereocenters. The van der Waals surface area contributed by atoms with E-state index in [0.29, 0.717) is 5.56 Å². The second-order valence-electron chi connectivity index (χ2n) is 7.21. The third-order valence-electron chi connectivity index (χ3n) is 3.11. The highest BCUT2D eigenvalue weighted by atomic mass is 16.1. The molecule has 1 aromatic heterocycles. The number of aromatic nitrogens is 2. The molecule has 0 unspecified atom stereocenters. The Balaban J connectivity index is 2.14. The summed E-state index contributed by atoms with van der Waals surface area (Å²) < 4.78 is 0. The van der Waals surface area contributed by atoms with E-state index in [1.165, 1.54) is 0 Å². The van der Waals surface area contributed by atoms with E-state index >= 15 is 0 Å². The molecular formula is C16H23N3O. The fourth-order valence-electron chi connectivity index (χ4n) is 2.83. The molecule has 108 valence electrons. The highest BCUT2D eigenvalue weighted by Crippen LogP contribution is 2.27. The average Bonchev–Trinajstić information content (AvgIpc) is 2.71. The molecule has 0 aliphatic heterocycles. The monoisotopic (exact) mass is 273 g/mol. The second-order valence-corrected chi connectivity index (χ2v) is 7.21. The lowest BCUT2D eigenvalue weighted by Gasteiger charge is -2.33. The van der Waals surface area contributed by atoms with E-state index in [9.17, 15) is 4.79 Å². The smallest absolute Gasteiger partial charge is 0.251 e. The van der Waals surface area contributed by atoms with Gasteiger partial charge in [-0.15, -0.1) is 0 Å². The van der Waals surface area contributed by atoms with E-state index < -0.39 is 0 Å². The zero-order valence-electron chi connectivity index (χ0n) is 12.9. The number of nitrogens with zero attached hydrogens (tertiary/aromatic N) is 1. The summed E-state index contributed by atoms with van der Waals surface area (Å²) in [6, 6.07) is 5.51. The number of fused-ring (bicyclic) bond motifs is 1. The molecule has 2 N–H and O–H groups in total. The van der Waals surface area contributed by atoms with Crippen molar-refractivity contribution in [1.29, 1.82) is 0 Å². The fraction of sp³-hybridized carbons (Fsp3) is 0.500. The van der Waals surface area contributed by atoms with Crippen LogP contribution >= 0.6 is 0 Å². The normalized spacial score (nSPS) is 12.7. The quantitative estimate of drug-likeness (QED) is 0.899. The molecule has 2 aromatic rings. The molecule has 0 aliphatic rings. The SMILES string of the molecule is CC(C)(C)CC(C)(C)NC(=O)c1ccc2nc[nH]c2c1. The summed E-state index contributed by atoms with van der Waals surface area (Å²) in [7, 11) is 0. The van der Waals surface area contributed by atoms with E-state index in [-0.39, 0.29) is 16.9 Å². The molecule has 0 saturated carbocycles. The number of H-pyrrole nitrogens is 1. The standard InChI is InChI=1S/C16H23N3O/c1-15(2,3)9-16(4,5)19-14(20)11-6-7-12-13(8-11)18-10-17-12/h6-8,10H,9H2,1-5H3,(H,17,18)(H,19,20). The van der Waals surface area contributed by atoms with Gasteiger partial charge < -0.3 is 10.3 Å². The van der Waals surface area contributed by atoms with Crippen molar-refractivity contribution in [3.05, 3.63) is 30.1 Å². The number of carbonyl (C=O) groups excluding carboxylic acids is 1. The Bertz CT molecular complexity index is 620. The first-order chi connectivity index (χ1) is 9.16. The third kappa shape index (κ3) is 3.59. The molecule has 0 radical (unpaired) electrons. The molecule has 4 heteroatoms. The maximum atomic E-state index is 12.4. The maximum absolute atomic E-state index is 12.4. The maximum Gasteiger partial charge on any atom is 0.251 e. The van der Waals surface area contributed by atoms with Crippen molar-refractivity contribution < 1.29 is 4.79 Å². The van der Waals surface area contributed by atoms with Crippen LogP contribution in [0, 0.1) is 5.41 Å². The lowest BCUT2D eigenvalue weighted by molar-refractivity contribution is 0.0891. The van der Waals surface area contributed by atoms with Crippen LogP contribution in [0.25, 0.3) is 11.0 Å². The van der Waals surface area contributed by atoms with Crippen LogP contribution in [-0.4, -0.2) is 21.4 Å². The van der Waals surface area contributed by atoms with E-state index in [1.54, 1.807) is 6.33 Å². The number of rotatable bonds is 3. The van der Waals surface area contributed by atoms with Gasteiger partial charge in [0.1, 0.15) is 0 Å². The molecule has 0 aliphatic carbocycles. The molecular weight excluding hydrogens is 250 g/mol. The Morgan fingerprint density at radius 3 is 2.60 bits per heavy atom. The summed E-state index contributed by atoms with van der Waals surface area (Å²) in [5.74, 6) is -0.0456. The van der Waals surface area contributed by atoms with Gasteiger partial charge in [-0.3, -0.25) is 4.79 Å². The summed E-state index contributed by atoms with van der Waals surface area (Å²) in [6.45, 7) is 10.7. The molecule has 0 bridgehead atoms. The van der Waals surface area contributed by atoms with Crippen molar-refractivity contribution in [3.8, 4) is 0 Å². The molecule has 0 saturated heterocycles. The van der Waals surface area contributed by atoms with Crippen molar-refractivity contribution in [3.63, 3.8) is 0 Å². The minimum absolute atomic E-state index is 0.0456. The van der Waals surface area contributed by atoms with Gasteiger partial charge in [0.2, 0.25) is 0 Å². The third-order valence-corrected chi connectivity index (χ3v) is 3.11. The summed E-state index contributed by atoms with van der Waals surface area (Å²) >= 11 is 0. The van der Waals surface area contributed by atoms with Gasteiger partial charge in [0.25, 0.3) is 5.91 Å². The summed E-state index contributed by atoms with van der Waals surface area (Å²) in [5.41, 5.74) is 2.34. The number of carbonyl (C=O) groups is 1. The van der Waals surface area contributed by atoms with Gasteiger partial charge in [-0.25, -0.2) is 4.98 Å². The topological polar surface area (TPSA) is 57.8 Å². The first-order valence-electron chi connectivity index (χ1n) is 6.92. The number of hydrogen-bond donors (Lipinski definition) is 2. The highest BCUT2D eigenvalue weighted by molar-refractivity contribution is 5.97. The minimum atomic E-state index is -0.238. The first-order valence-corrected chi connectivity index (χ1v) is 6.92. The van der Waals surface area contributed by atoms with Crippen LogP contribution in [0.15, 0.2) is 24.5 Å². The van der Waals surface area contributed by atoms with Crippen LogP contribution in [0.3, 0.4) is 0 Å². The molecule has 0 fully saturated rings. The van der Waals surface area contributed by atoms with Gasteiger partial charge in [0.05, 0.1) is 17.4 Å². The molecule has 1 aromatic carbocycles. The Hall–Kier alpha value is -1.84. The summed E-state index contributed by atoms with van der Waals surface area (Å²) in [6.07, 6.45) is 2.55. The molecule has 20 heavy (non-hydrogen) atoms. The Morgan fingerprint density at radius 2 is 1.95 bits per heavy atom. The number of nitrogens with one attached hydrogen (secondary N) is 2. The van der Waals surface area contributed by atoms with Crippen molar-refractivity contribution in [2.24, 2.45) is 5.41 Å². The minimum Gasteiger partial charge on any atom is -0.347 e. The number of amides is 1. The number of imidazole rings is 1. The number of hydrogen-bond acceptors (Lipinski definition) is 2. The van der Waals surface area contributed by atoms with Crippen molar-refractivity contribution in [2.75, 3.05) is 0 Å². The van der Waals surface area contributed by atoms with Crippen LogP contribution in [0.2, 0.25) is 0 Å². The van der Waals surface area contributed by atoms with Gasteiger partial charge in [0.15, 0.2) is 0 Å². The fourth-order valence-corrected chi connectivity index (χ4v) is 2.83. The second kappa shape index (κ2) is 4.93. The van der Waals surface area contributed by atoms with Gasteiger partial charge in [0, 0.05) is 11.1 Å². The van der Waals surface area contributed by atoms with Crippen molar-refractivity contribution >= 4 is 16.9 Å². The number of aromatic amines is 1. The predicted molar refractivity (Wildman–Crippen MR) is 81.7 cm³/mol. The lowest BCUT2D eigenvalue weighted by Crippen LogP contribution is -2.45. The van der Waals surface area contributed by atoms with Gasteiger partial charge in [-0.05, 0) is 43.9 Å². The lowest BCUT2D eigenvalue weighted by atomic mass is 9.81. The summed E-state index contributed by atoms with van der Waals surface area (Å²) in [4.78, 5) is 19.5. The van der Waals surface area contributed by atoms with E-state index in [1.807, 2.05) is 18.2 Å². The highest BCUT2D eigenvalue weighted by Gasteiger charge is 2.27. The van der Waals surface area contributed by atoms with Crippen molar-refractivity contribution in [1.82, 2.24) is 15.3 Å². The van der Waals surface area contributed by atoms with Crippen LogP contribution in [0.5, 0.6) is 0 Å². The Kier molecular flexibility index (Phi) is 3.59. The van der Waals surface area contributed by atoms with Crippen LogP contribution in [0.1, 0.15) is 51.4 Å². The van der Waals surface area contributed by atoms with Crippen molar-refractivity contribution in [2.45, 2.75) is 46.6 Å². The zero-order chi connectivity index (χ0) is 15.0. The summed E-state index contributed by atoms with van der Waals surface area (Å²) in [5, 5.41) is 3.11. The molecule has 1 amide bonds. The van der Waals surface area contributed by atoms with Crippen LogP contribution in [0.4, 0.5) is 0 Å². The molecule has 4 nitrogen and oxygen atoms in total. The predicted octanol–water partition coefficient (Wildman–Crippen LogP) is 3.51. The average molecular weight is 273 g/mol. The Morgan fingerprint density at radius 1 is 1.25 bits per heavy atom. The first kappa shape index (κ1) is 14.6. The molecule has 1 heterocycles. The molecule has 2 rings (SSSR count). The number of benzene rings is 1. The van der Waals surface area contributed by atoms with Gasteiger partial charge in [-0.2, -0.15) is 0 Å². The largest absolute Gasteiger partial charge is 0.347 e. The Labute approximate surface area is 120 Å². The van der Waals surface area contributed by atoms with Crippen LogP contribution in [-0.2, 0) is 0 Å². The van der Waals surface area contributed by atoms with E-state index in [0.717, 1.165) is 17.5 Å². The van der Waals surface area contributed by atoms with Gasteiger partial charge in [-0.1, -0.05) is 20.8 Å². The zero-order valence-corrected chi connectivity index (χ0v) is 12.9. The van der Waals surface area contributed by atoms with Gasteiger partial charge >= 0.3 is 0 Å².